The molecule has 0 aromatic heterocycles. The molecule has 0 saturated heterocycles. The molecule has 0 saturated carbocycles. The molecule has 0 radical (unpaired) electrons. The predicted octanol–water partition coefficient (Wildman–Crippen LogP) is 2.32. The fourth-order valence-corrected chi connectivity index (χ4v) is 1.53. The van der Waals surface area contributed by atoms with Gasteiger partial charge in [-0.05, 0) is 12.1 Å². The highest BCUT2D eigenvalue weighted by Gasteiger charge is 2.11. The van der Waals surface area contributed by atoms with Crippen LogP contribution in [0.3, 0.4) is 0 Å². The molecule has 11 heavy (non-hydrogen) atoms. The smallest absolute Gasteiger partial charge is 0.189 e. The second-order valence-electron chi connectivity index (χ2n) is 2.33. The summed E-state index contributed by atoms with van der Waals surface area (Å²) in [5.74, 6) is 0.922. The number of benzene rings is 1. The zero-order valence-corrected chi connectivity index (χ0v) is 7.43. The number of halogens is 1. The lowest BCUT2D eigenvalue weighted by Gasteiger charge is -2.18. The summed E-state index contributed by atoms with van der Waals surface area (Å²) in [4.78, 5) is 0. The van der Waals surface area contributed by atoms with Crippen LogP contribution in [0.2, 0.25) is 0 Å². The quantitative estimate of drug-likeness (QED) is 0.661. The molecule has 0 aliphatic carbocycles. The van der Waals surface area contributed by atoms with E-state index in [9.17, 15) is 0 Å². The van der Waals surface area contributed by atoms with Crippen molar-refractivity contribution in [3.8, 4) is 5.75 Å². The average molecular weight is 215 g/mol. The van der Waals surface area contributed by atoms with Crippen molar-refractivity contribution in [1.82, 2.24) is 0 Å². The van der Waals surface area contributed by atoms with Gasteiger partial charge in [0.25, 0.3) is 0 Å². The standard InChI is InChI=1S/C8H7BrO2/c9-7-2-1-3-8-6(7)4-10-5-11-8/h1-3H,4-5H2. The summed E-state index contributed by atoms with van der Waals surface area (Å²) in [7, 11) is 0. The molecule has 1 heterocycles. The Hall–Kier alpha value is -0.540. The maximum Gasteiger partial charge on any atom is 0.189 e. The highest BCUT2D eigenvalue weighted by Crippen LogP contribution is 2.29. The van der Waals surface area contributed by atoms with Gasteiger partial charge in [0.15, 0.2) is 6.79 Å². The van der Waals surface area contributed by atoms with E-state index in [1.807, 2.05) is 18.2 Å². The van der Waals surface area contributed by atoms with E-state index >= 15 is 0 Å². The fraction of sp³-hybridized carbons (Fsp3) is 0.250. The number of hydrogen-bond donors (Lipinski definition) is 0. The molecule has 0 amide bonds. The number of hydrogen-bond acceptors (Lipinski definition) is 2. The van der Waals surface area contributed by atoms with Crippen LogP contribution in [0.5, 0.6) is 5.75 Å². The maximum atomic E-state index is 5.25. The van der Waals surface area contributed by atoms with Gasteiger partial charge in [0.2, 0.25) is 0 Å². The van der Waals surface area contributed by atoms with Crippen LogP contribution in [-0.4, -0.2) is 6.79 Å². The van der Waals surface area contributed by atoms with Crippen molar-refractivity contribution in [2.45, 2.75) is 6.61 Å². The van der Waals surface area contributed by atoms with Crippen LogP contribution in [-0.2, 0) is 11.3 Å². The first-order chi connectivity index (χ1) is 5.38. The summed E-state index contributed by atoms with van der Waals surface area (Å²) in [5.41, 5.74) is 1.10. The van der Waals surface area contributed by atoms with Crippen LogP contribution in [0.1, 0.15) is 5.56 Å². The summed E-state index contributed by atoms with van der Waals surface area (Å²) in [6.45, 7) is 1.00. The van der Waals surface area contributed by atoms with Gasteiger partial charge < -0.3 is 9.47 Å². The first-order valence-electron chi connectivity index (χ1n) is 3.36. The first kappa shape index (κ1) is 7.13. The molecule has 1 aromatic carbocycles. The number of fused-ring (bicyclic) bond motifs is 1. The van der Waals surface area contributed by atoms with Crippen LogP contribution in [0.15, 0.2) is 22.7 Å². The second kappa shape index (κ2) is 2.83. The summed E-state index contributed by atoms with van der Waals surface area (Å²) in [5, 5.41) is 0. The molecule has 58 valence electrons. The summed E-state index contributed by atoms with van der Waals surface area (Å²) in [6.07, 6.45) is 0. The monoisotopic (exact) mass is 214 g/mol. The highest BCUT2D eigenvalue weighted by molar-refractivity contribution is 9.10. The minimum Gasteiger partial charge on any atom is -0.467 e. The van der Waals surface area contributed by atoms with E-state index in [4.69, 9.17) is 9.47 Å². The molecule has 3 heteroatoms. The normalized spacial score (nSPS) is 15.4. The molecule has 1 aromatic rings. The van der Waals surface area contributed by atoms with Crippen molar-refractivity contribution < 1.29 is 9.47 Å². The van der Waals surface area contributed by atoms with Crippen LogP contribution in [0.4, 0.5) is 0 Å². The largest absolute Gasteiger partial charge is 0.467 e. The molecular formula is C8H7BrO2. The maximum absolute atomic E-state index is 5.25. The van der Waals surface area contributed by atoms with Gasteiger partial charge in [-0.1, -0.05) is 22.0 Å². The van der Waals surface area contributed by atoms with E-state index in [1.54, 1.807) is 0 Å². The lowest BCUT2D eigenvalue weighted by molar-refractivity contribution is -0.0167. The van der Waals surface area contributed by atoms with Gasteiger partial charge in [-0.15, -0.1) is 0 Å². The van der Waals surface area contributed by atoms with E-state index in [1.165, 1.54) is 0 Å². The summed E-state index contributed by atoms with van der Waals surface area (Å²) in [6, 6.07) is 5.88. The third kappa shape index (κ3) is 1.26. The fourth-order valence-electron chi connectivity index (χ4n) is 1.06. The molecule has 1 aliphatic rings. The van der Waals surface area contributed by atoms with Gasteiger partial charge >= 0.3 is 0 Å². The lowest BCUT2D eigenvalue weighted by atomic mass is 10.2. The molecule has 2 rings (SSSR count). The van der Waals surface area contributed by atoms with Crippen molar-refractivity contribution in [2.75, 3.05) is 6.79 Å². The minimum atomic E-state index is 0.365. The van der Waals surface area contributed by atoms with Gasteiger partial charge in [-0.3, -0.25) is 0 Å². The molecule has 1 aliphatic heterocycles. The molecule has 2 nitrogen and oxygen atoms in total. The number of ether oxygens (including phenoxy) is 2. The van der Waals surface area contributed by atoms with Gasteiger partial charge in [0.05, 0.1) is 6.61 Å². The van der Waals surface area contributed by atoms with Crippen LogP contribution < -0.4 is 4.74 Å². The zero-order chi connectivity index (χ0) is 7.68. The van der Waals surface area contributed by atoms with Crippen molar-refractivity contribution >= 4 is 15.9 Å². The molecular weight excluding hydrogens is 208 g/mol. The third-order valence-corrected chi connectivity index (χ3v) is 2.36. The highest BCUT2D eigenvalue weighted by atomic mass is 79.9. The van der Waals surface area contributed by atoms with Gasteiger partial charge in [-0.2, -0.15) is 0 Å². The summed E-state index contributed by atoms with van der Waals surface area (Å²) < 4.78 is 11.4. The SMILES string of the molecule is Brc1cccc2c1COCO2. The topological polar surface area (TPSA) is 18.5 Å². The van der Waals surface area contributed by atoms with Crippen molar-refractivity contribution in [3.05, 3.63) is 28.2 Å². The Balaban J connectivity index is 2.49. The molecule has 0 bridgehead atoms. The Morgan fingerprint density at radius 1 is 1.36 bits per heavy atom. The van der Waals surface area contributed by atoms with Crippen molar-refractivity contribution in [3.63, 3.8) is 0 Å². The van der Waals surface area contributed by atoms with Crippen LogP contribution in [0, 0.1) is 0 Å². The van der Waals surface area contributed by atoms with Gasteiger partial charge in [0.1, 0.15) is 5.75 Å². The average Bonchev–Trinajstić information content (AvgIpc) is 2.06. The van der Waals surface area contributed by atoms with E-state index in [0.717, 1.165) is 15.8 Å². The Bertz CT molecular complexity index is 273. The lowest BCUT2D eigenvalue weighted by Crippen LogP contribution is -2.11. The van der Waals surface area contributed by atoms with Gasteiger partial charge in [0, 0.05) is 10.0 Å². The molecule has 0 unspecified atom stereocenters. The second-order valence-corrected chi connectivity index (χ2v) is 3.18. The van der Waals surface area contributed by atoms with E-state index in [2.05, 4.69) is 15.9 Å². The van der Waals surface area contributed by atoms with E-state index < -0.39 is 0 Å². The predicted molar refractivity (Wildman–Crippen MR) is 44.4 cm³/mol. The van der Waals surface area contributed by atoms with E-state index in [0.29, 0.717) is 13.4 Å². The Morgan fingerprint density at radius 2 is 2.27 bits per heavy atom. The third-order valence-electron chi connectivity index (χ3n) is 1.62. The van der Waals surface area contributed by atoms with Crippen LogP contribution >= 0.6 is 15.9 Å². The van der Waals surface area contributed by atoms with Gasteiger partial charge in [-0.25, -0.2) is 0 Å². The van der Waals surface area contributed by atoms with Crippen LogP contribution in [0.25, 0.3) is 0 Å². The Morgan fingerprint density at radius 3 is 3.09 bits per heavy atom. The molecule has 0 atom stereocenters. The number of rotatable bonds is 0. The molecule has 0 N–H and O–H groups in total. The zero-order valence-electron chi connectivity index (χ0n) is 5.84. The Kier molecular flexibility index (Phi) is 1.84. The Labute approximate surface area is 73.3 Å². The molecule has 0 spiro atoms. The molecule has 0 fully saturated rings. The summed E-state index contributed by atoms with van der Waals surface area (Å²) >= 11 is 3.42. The van der Waals surface area contributed by atoms with Crippen molar-refractivity contribution in [2.24, 2.45) is 0 Å². The minimum absolute atomic E-state index is 0.365. The first-order valence-corrected chi connectivity index (χ1v) is 4.15. The van der Waals surface area contributed by atoms with Crippen molar-refractivity contribution in [1.29, 1.82) is 0 Å². The van der Waals surface area contributed by atoms with E-state index in [-0.39, 0.29) is 0 Å².